The van der Waals surface area contributed by atoms with Gasteiger partial charge in [0, 0.05) is 5.56 Å². The van der Waals surface area contributed by atoms with Crippen molar-refractivity contribution in [1.29, 1.82) is 0 Å². The lowest BCUT2D eigenvalue weighted by Crippen LogP contribution is -2.29. The molecule has 1 unspecified atom stereocenters. The molecular formula is C28H23NO4. The van der Waals surface area contributed by atoms with Gasteiger partial charge in [-0.3, -0.25) is 9.59 Å². The molecular weight excluding hydrogens is 414 g/mol. The Hall–Kier alpha value is -4.12. The zero-order chi connectivity index (χ0) is 22.9. The molecule has 1 amide bonds. The maximum atomic E-state index is 13.3. The molecule has 0 aliphatic carbocycles. The largest absolute Gasteiger partial charge is 0.507 e. The second-order valence-electron chi connectivity index (χ2n) is 8.13. The van der Waals surface area contributed by atoms with E-state index in [2.05, 4.69) is 6.92 Å². The van der Waals surface area contributed by atoms with Crippen molar-refractivity contribution in [3.05, 3.63) is 113 Å². The normalized spacial score (nSPS) is 17.7. The van der Waals surface area contributed by atoms with Crippen molar-refractivity contribution < 1.29 is 19.1 Å². The van der Waals surface area contributed by atoms with Crippen molar-refractivity contribution in [1.82, 2.24) is 4.90 Å². The number of benzene rings is 3. The van der Waals surface area contributed by atoms with Crippen molar-refractivity contribution in [2.24, 2.45) is 0 Å². The van der Waals surface area contributed by atoms with E-state index in [1.165, 1.54) is 11.2 Å². The summed E-state index contributed by atoms with van der Waals surface area (Å²) in [7, 11) is 0. The number of hydrogen-bond acceptors (Lipinski definition) is 4. The van der Waals surface area contributed by atoms with Crippen LogP contribution in [0.3, 0.4) is 0 Å². The Morgan fingerprint density at radius 3 is 2.42 bits per heavy atom. The summed E-state index contributed by atoms with van der Waals surface area (Å²) in [6.45, 7) is 2.17. The molecule has 1 aliphatic rings. The van der Waals surface area contributed by atoms with Gasteiger partial charge in [-0.1, -0.05) is 73.7 Å². The third-order valence-electron chi connectivity index (χ3n) is 6.20. The Bertz CT molecular complexity index is 1360. The molecule has 5 nitrogen and oxygen atoms in total. The van der Waals surface area contributed by atoms with E-state index in [1.54, 1.807) is 24.3 Å². The highest BCUT2D eigenvalue weighted by molar-refractivity contribution is 6.46. The third-order valence-corrected chi connectivity index (χ3v) is 6.20. The molecule has 1 atom stereocenters. The highest BCUT2D eigenvalue weighted by Gasteiger charge is 2.46. The molecule has 4 aromatic rings. The fraction of sp³-hybridized carbons (Fsp3) is 0.143. The number of hydrogen-bond donors (Lipinski definition) is 1. The average molecular weight is 437 g/mol. The van der Waals surface area contributed by atoms with Gasteiger partial charge in [0.15, 0.2) is 0 Å². The molecule has 1 fully saturated rings. The molecule has 1 aromatic heterocycles. The number of carbonyl (C=O) groups is 2. The van der Waals surface area contributed by atoms with Crippen LogP contribution in [-0.4, -0.2) is 21.7 Å². The minimum Gasteiger partial charge on any atom is -0.507 e. The SMILES string of the molecule is CCc1ccc(/C(O)=C2/C(=O)C(=O)N(Cc3ccco3)C2c2cccc3ccccc23)cc1. The van der Waals surface area contributed by atoms with Crippen LogP contribution >= 0.6 is 0 Å². The summed E-state index contributed by atoms with van der Waals surface area (Å²) in [4.78, 5) is 27.9. The van der Waals surface area contributed by atoms with Gasteiger partial charge in [0.2, 0.25) is 0 Å². The van der Waals surface area contributed by atoms with Crippen LogP contribution < -0.4 is 0 Å². The van der Waals surface area contributed by atoms with E-state index in [0.29, 0.717) is 11.3 Å². The number of aliphatic hydroxyl groups is 1. The number of likely N-dealkylation sites (tertiary alicyclic amines) is 1. The van der Waals surface area contributed by atoms with Gasteiger partial charge in [-0.15, -0.1) is 0 Å². The molecule has 5 rings (SSSR count). The van der Waals surface area contributed by atoms with Crippen molar-refractivity contribution in [2.45, 2.75) is 25.9 Å². The zero-order valence-corrected chi connectivity index (χ0v) is 18.2. The molecule has 0 saturated carbocycles. The standard InChI is InChI=1S/C28H23NO4/c1-2-18-12-14-20(15-13-18)26(30)24-25(23-11-5-8-19-7-3-4-10-22(19)23)29(28(32)27(24)31)17-21-9-6-16-33-21/h3-16,25,30H,2,17H2,1H3/b26-24-. The van der Waals surface area contributed by atoms with Crippen molar-refractivity contribution in [3.63, 3.8) is 0 Å². The first-order chi connectivity index (χ1) is 16.1. The number of rotatable bonds is 5. The predicted octanol–water partition coefficient (Wildman–Crippen LogP) is 5.62. The number of ketones is 1. The number of Topliss-reactive ketones (excluding diaryl/α,β-unsaturated/α-hetero) is 1. The lowest BCUT2D eigenvalue weighted by molar-refractivity contribution is -0.140. The number of aryl methyl sites for hydroxylation is 1. The van der Waals surface area contributed by atoms with E-state index >= 15 is 0 Å². The smallest absolute Gasteiger partial charge is 0.296 e. The minimum absolute atomic E-state index is 0.0900. The molecule has 2 heterocycles. The number of aliphatic hydroxyl groups excluding tert-OH is 1. The van der Waals surface area contributed by atoms with Gasteiger partial charge in [0.25, 0.3) is 11.7 Å². The van der Waals surface area contributed by atoms with Gasteiger partial charge in [-0.2, -0.15) is 0 Å². The van der Waals surface area contributed by atoms with Gasteiger partial charge in [0.05, 0.1) is 24.4 Å². The van der Waals surface area contributed by atoms with Crippen LogP contribution in [0.5, 0.6) is 0 Å². The van der Waals surface area contributed by atoms with Gasteiger partial charge >= 0.3 is 0 Å². The molecule has 1 N–H and O–H groups in total. The van der Waals surface area contributed by atoms with Crippen molar-refractivity contribution in [3.8, 4) is 0 Å². The molecule has 33 heavy (non-hydrogen) atoms. The Labute approximate surface area is 191 Å². The molecule has 164 valence electrons. The number of nitrogens with zero attached hydrogens (tertiary/aromatic N) is 1. The third kappa shape index (κ3) is 3.61. The quantitative estimate of drug-likeness (QED) is 0.250. The first-order valence-corrected chi connectivity index (χ1v) is 11.0. The van der Waals surface area contributed by atoms with Crippen LogP contribution in [-0.2, 0) is 22.6 Å². The van der Waals surface area contributed by atoms with E-state index in [1.807, 2.05) is 54.6 Å². The zero-order valence-electron chi connectivity index (χ0n) is 18.2. The number of carbonyl (C=O) groups excluding carboxylic acids is 2. The summed E-state index contributed by atoms with van der Waals surface area (Å²) in [5.74, 6) is -0.960. The highest BCUT2D eigenvalue weighted by atomic mass is 16.3. The van der Waals surface area contributed by atoms with E-state index in [0.717, 1.165) is 28.3 Å². The molecule has 0 spiro atoms. The van der Waals surface area contributed by atoms with Crippen LogP contribution in [0.15, 0.2) is 95.1 Å². The fourth-order valence-corrected chi connectivity index (χ4v) is 4.48. The van der Waals surface area contributed by atoms with E-state index < -0.39 is 17.7 Å². The van der Waals surface area contributed by atoms with Crippen molar-refractivity contribution >= 4 is 28.2 Å². The van der Waals surface area contributed by atoms with Gasteiger partial charge < -0.3 is 14.4 Å². The van der Waals surface area contributed by atoms with Crippen LogP contribution in [0.4, 0.5) is 0 Å². The topological polar surface area (TPSA) is 70.8 Å². The van der Waals surface area contributed by atoms with E-state index in [4.69, 9.17) is 4.42 Å². The lowest BCUT2D eigenvalue weighted by atomic mass is 9.91. The van der Waals surface area contributed by atoms with Crippen molar-refractivity contribution in [2.75, 3.05) is 0 Å². The summed E-state index contributed by atoms with van der Waals surface area (Å²) in [6.07, 6.45) is 2.40. The minimum atomic E-state index is -0.743. The summed E-state index contributed by atoms with van der Waals surface area (Å²) < 4.78 is 5.47. The van der Waals surface area contributed by atoms with E-state index in [9.17, 15) is 14.7 Å². The van der Waals surface area contributed by atoms with Crippen LogP contribution in [0.2, 0.25) is 0 Å². The molecule has 1 aliphatic heterocycles. The number of fused-ring (bicyclic) bond motifs is 1. The summed E-state index contributed by atoms with van der Waals surface area (Å²) >= 11 is 0. The van der Waals surface area contributed by atoms with Gasteiger partial charge in [-0.25, -0.2) is 0 Å². The highest BCUT2D eigenvalue weighted by Crippen LogP contribution is 2.42. The predicted molar refractivity (Wildman–Crippen MR) is 126 cm³/mol. The molecule has 0 radical (unpaired) electrons. The summed E-state index contributed by atoms with van der Waals surface area (Å²) in [5.41, 5.74) is 2.50. The second-order valence-corrected chi connectivity index (χ2v) is 8.13. The lowest BCUT2D eigenvalue weighted by Gasteiger charge is -2.25. The molecule has 1 saturated heterocycles. The number of amides is 1. The maximum absolute atomic E-state index is 13.3. The average Bonchev–Trinajstić information content (AvgIpc) is 3.46. The van der Waals surface area contributed by atoms with E-state index in [-0.39, 0.29) is 17.9 Å². The van der Waals surface area contributed by atoms with Gasteiger partial charge in [0.1, 0.15) is 11.5 Å². The Morgan fingerprint density at radius 1 is 0.939 bits per heavy atom. The summed E-state index contributed by atoms with van der Waals surface area (Å²) in [5, 5.41) is 13.2. The first-order valence-electron chi connectivity index (χ1n) is 11.0. The van der Waals surface area contributed by atoms with Crippen LogP contribution in [0.1, 0.15) is 35.4 Å². The fourth-order valence-electron chi connectivity index (χ4n) is 4.48. The molecule has 0 bridgehead atoms. The first kappa shape index (κ1) is 20.8. The molecule has 3 aromatic carbocycles. The number of furan rings is 1. The molecule has 5 heteroatoms. The summed E-state index contributed by atoms with van der Waals surface area (Å²) in [6, 6.07) is 23.8. The monoisotopic (exact) mass is 437 g/mol. The van der Waals surface area contributed by atoms with Gasteiger partial charge in [-0.05, 0) is 40.5 Å². The Kier molecular flexibility index (Phi) is 5.31. The van der Waals surface area contributed by atoms with Crippen LogP contribution in [0, 0.1) is 0 Å². The Balaban J connectivity index is 1.72. The maximum Gasteiger partial charge on any atom is 0.296 e. The van der Waals surface area contributed by atoms with Crippen LogP contribution in [0.25, 0.3) is 16.5 Å². The Morgan fingerprint density at radius 2 is 1.70 bits per heavy atom. The second kappa shape index (κ2) is 8.43.